The maximum Gasteiger partial charge on any atom is 0.143 e. The molecule has 0 saturated heterocycles. The van der Waals surface area contributed by atoms with E-state index in [1.54, 1.807) is 37.4 Å². The van der Waals surface area contributed by atoms with Gasteiger partial charge in [-0.3, -0.25) is 0 Å². The third-order valence-corrected chi connectivity index (χ3v) is 2.89. The molecule has 0 aliphatic carbocycles. The van der Waals surface area contributed by atoms with Gasteiger partial charge in [-0.05, 0) is 24.3 Å². The molecule has 0 atom stereocenters. The Balaban J connectivity index is 2.15. The SMILES string of the molecule is COc1cc(NCc2c(N)cccc2O)ccc1N. The van der Waals surface area contributed by atoms with E-state index in [-0.39, 0.29) is 5.75 Å². The summed E-state index contributed by atoms with van der Waals surface area (Å²) in [5.74, 6) is 0.783. The van der Waals surface area contributed by atoms with Gasteiger partial charge < -0.3 is 26.6 Å². The van der Waals surface area contributed by atoms with Crippen molar-refractivity contribution in [3.8, 4) is 11.5 Å². The zero-order chi connectivity index (χ0) is 13.8. The smallest absolute Gasteiger partial charge is 0.143 e. The van der Waals surface area contributed by atoms with E-state index in [9.17, 15) is 5.11 Å². The van der Waals surface area contributed by atoms with Gasteiger partial charge in [0, 0.05) is 29.5 Å². The lowest BCUT2D eigenvalue weighted by atomic mass is 10.1. The molecule has 2 aromatic rings. The van der Waals surface area contributed by atoms with Crippen molar-refractivity contribution in [3.63, 3.8) is 0 Å². The van der Waals surface area contributed by atoms with E-state index in [2.05, 4.69) is 5.32 Å². The molecule has 0 bridgehead atoms. The van der Waals surface area contributed by atoms with Crippen molar-refractivity contribution in [2.45, 2.75) is 6.54 Å². The van der Waals surface area contributed by atoms with Crippen molar-refractivity contribution >= 4 is 17.1 Å². The largest absolute Gasteiger partial charge is 0.508 e. The first-order valence-corrected chi connectivity index (χ1v) is 5.85. The van der Waals surface area contributed by atoms with Crippen LogP contribution in [0.15, 0.2) is 36.4 Å². The Morgan fingerprint density at radius 2 is 1.95 bits per heavy atom. The molecule has 6 N–H and O–H groups in total. The van der Waals surface area contributed by atoms with E-state index in [0.29, 0.717) is 29.2 Å². The molecule has 0 saturated carbocycles. The van der Waals surface area contributed by atoms with Gasteiger partial charge >= 0.3 is 0 Å². The molecule has 0 radical (unpaired) electrons. The number of nitrogen functional groups attached to an aromatic ring is 2. The number of hydrogen-bond donors (Lipinski definition) is 4. The summed E-state index contributed by atoms with van der Waals surface area (Å²) >= 11 is 0. The van der Waals surface area contributed by atoms with Gasteiger partial charge in [0.25, 0.3) is 0 Å². The second-order valence-electron chi connectivity index (χ2n) is 4.16. The third-order valence-electron chi connectivity index (χ3n) is 2.89. The minimum atomic E-state index is 0.176. The van der Waals surface area contributed by atoms with Crippen molar-refractivity contribution in [1.82, 2.24) is 0 Å². The highest BCUT2D eigenvalue weighted by Gasteiger charge is 2.06. The van der Waals surface area contributed by atoms with Gasteiger partial charge in [-0.1, -0.05) is 6.07 Å². The van der Waals surface area contributed by atoms with E-state index in [0.717, 1.165) is 5.69 Å². The summed E-state index contributed by atoms with van der Waals surface area (Å²) < 4.78 is 5.15. The minimum Gasteiger partial charge on any atom is -0.508 e. The molecule has 0 unspecified atom stereocenters. The second kappa shape index (κ2) is 5.39. The van der Waals surface area contributed by atoms with Crippen molar-refractivity contribution in [2.24, 2.45) is 0 Å². The lowest BCUT2D eigenvalue weighted by molar-refractivity contribution is 0.417. The zero-order valence-corrected chi connectivity index (χ0v) is 10.7. The number of rotatable bonds is 4. The van der Waals surface area contributed by atoms with Crippen LogP contribution in [0.1, 0.15) is 5.56 Å². The molecule has 2 aromatic carbocycles. The summed E-state index contributed by atoms with van der Waals surface area (Å²) in [7, 11) is 1.57. The number of phenols is 1. The van der Waals surface area contributed by atoms with Crippen LogP contribution in [0.25, 0.3) is 0 Å². The van der Waals surface area contributed by atoms with Crippen LogP contribution in [0.2, 0.25) is 0 Å². The van der Waals surface area contributed by atoms with E-state index in [1.165, 1.54) is 0 Å². The summed E-state index contributed by atoms with van der Waals surface area (Å²) in [5, 5.41) is 12.9. The number of ether oxygens (including phenoxy) is 1. The summed E-state index contributed by atoms with van der Waals surface area (Å²) in [6, 6.07) is 10.5. The number of methoxy groups -OCH3 is 1. The Morgan fingerprint density at radius 3 is 2.63 bits per heavy atom. The van der Waals surface area contributed by atoms with Gasteiger partial charge in [-0.15, -0.1) is 0 Å². The maximum atomic E-state index is 9.75. The van der Waals surface area contributed by atoms with Crippen LogP contribution in [0, 0.1) is 0 Å². The highest BCUT2D eigenvalue weighted by atomic mass is 16.5. The normalized spacial score (nSPS) is 10.2. The van der Waals surface area contributed by atoms with E-state index >= 15 is 0 Å². The molecule has 2 rings (SSSR count). The number of benzene rings is 2. The second-order valence-corrected chi connectivity index (χ2v) is 4.16. The fourth-order valence-electron chi connectivity index (χ4n) is 1.80. The van der Waals surface area contributed by atoms with E-state index in [1.807, 2.05) is 6.07 Å². The highest BCUT2D eigenvalue weighted by molar-refractivity contribution is 5.62. The van der Waals surface area contributed by atoms with Crippen molar-refractivity contribution < 1.29 is 9.84 Å². The Labute approximate surface area is 111 Å². The summed E-state index contributed by atoms with van der Waals surface area (Å²) in [4.78, 5) is 0. The molecule has 5 nitrogen and oxygen atoms in total. The number of hydrogen-bond acceptors (Lipinski definition) is 5. The van der Waals surface area contributed by atoms with Crippen molar-refractivity contribution in [3.05, 3.63) is 42.0 Å². The van der Waals surface area contributed by atoms with E-state index in [4.69, 9.17) is 16.2 Å². The molecule has 0 heterocycles. The van der Waals surface area contributed by atoms with Crippen LogP contribution in [0.3, 0.4) is 0 Å². The number of nitrogens with two attached hydrogens (primary N) is 2. The summed E-state index contributed by atoms with van der Waals surface area (Å²) in [6.07, 6.45) is 0. The monoisotopic (exact) mass is 259 g/mol. The molecule has 0 fully saturated rings. The Morgan fingerprint density at radius 1 is 1.16 bits per heavy atom. The van der Waals surface area contributed by atoms with Crippen LogP contribution in [0.4, 0.5) is 17.1 Å². The van der Waals surface area contributed by atoms with Gasteiger partial charge in [0.15, 0.2) is 0 Å². The molecule has 5 heteroatoms. The summed E-state index contributed by atoms with van der Waals surface area (Å²) in [5.41, 5.74) is 14.2. The number of aromatic hydroxyl groups is 1. The van der Waals surface area contributed by atoms with Crippen LogP contribution in [-0.4, -0.2) is 12.2 Å². The van der Waals surface area contributed by atoms with Crippen molar-refractivity contribution in [1.29, 1.82) is 0 Å². The first kappa shape index (κ1) is 12.9. The van der Waals surface area contributed by atoms with Gasteiger partial charge in [-0.2, -0.15) is 0 Å². The quantitative estimate of drug-likeness (QED) is 0.631. The Hall–Kier alpha value is -2.56. The summed E-state index contributed by atoms with van der Waals surface area (Å²) in [6.45, 7) is 0.422. The van der Waals surface area contributed by atoms with Crippen LogP contribution in [0.5, 0.6) is 11.5 Å². The standard InChI is InChI=1S/C14H17N3O2/c1-19-14-7-9(5-6-12(14)16)17-8-10-11(15)3-2-4-13(10)18/h2-7,17-18H,8,15-16H2,1H3. The lowest BCUT2D eigenvalue weighted by Crippen LogP contribution is -2.04. The van der Waals surface area contributed by atoms with E-state index < -0.39 is 0 Å². The average molecular weight is 259 g/mol. The number of nitrogens with one attached hydrogen (secondary N) is 1. The van der Waals surface area contributed by atoms with Crippen LogP contribution < -0.4 is 21.5 Å². The molecule has 19 heavy (non-hydrogen) atoms. The molecule has 0 amide bonds. The zero-order valence-electron chi connectivity index (χ0n) is 10.7. The molecule has 0 aliphatic rings. The molecule has 0 aromatic heterocycles. The fraction of sp³-hybridized carbons (Fsp3) is 0.143. The first-order chi connectivity index (χ1) is 9.11. The Bertz CT molecular complexity index is 565. The molecular weight excluding hydrogens is 242 g/mol. The van der Waals surface area contributed by atoms with Gasteiger partial charge in [0.2, 0.25) is 0 Å². The Kier molecular flexibility index (Phi) is 3.66. The van der Waals surface area contributed by atoms with Gasteiger partial charge in [0.05, 0.1) is 12.8 Å². The maximum absolute atomic E-state index is 9.75. The third kappa shape index (κ3) is 2.82. The number of anilines is 3. The topological polar surface area (TPSA) is 93.5 Å². The minimum absolute atomic E-state index is 0.176. The highest BCUT2D eigenvalue weighted by Crippen LogP contribution is 2.27. The molecule has 100 valence electrons. The molecular formula is C14H17N3O2. The van der Waals surface area contributed by atoms with Crippen LogP contribution >= 0.6 is 0 Å². The van der Waals surface area contributed by atoms with Gasteiger partial charge in [-0.25, -0.2) is 0 Å². The number of phenolic OH excluding ortho intramolecular Hbond substituents is 1. The van der Waals surface area contributed by atoms with Crippen molar-refractivity contribution in [2.75, 3.05) is 23.9 Å². The van der Waals surface area contributed by atoms with Crippen LogP contribution in [-0.2, 0) is 6.54 Å². The fourth-order valence-corrected chi connectivity index (χ4v) is 1.80. The average Bonchev–Trinajstić information content (AvgIpc) is 2.40. The predicted molar refractivity (Wildman–Crippen MR) is 77.3 cm³/mol. The predicted octanol–water partition coefficient (Wildman–Crippen LogP) is 2.18. The van der Waals surface area contributed by atoms with Gasteiger partial charge in [0.1, 0.15) is 11.5 Å². The molecule has 0 aliphatic heterocycles. The molecule has 0 spiro atoms. The lowest BCUT2D eigenvalue weighted by Gasteiger charge is -2.12. The first-order valence-electron chi connectivity index (χ1n) is 5.85.